The minimum atomic E-state index is -1.00. The van der Waals surface area contributed by atoms with E-state index in [1.54, 1.807) is 11.9 Å². The number of likely N-dealkylation sites (N-methyl/N-ethyl adjacent to an activating group) is 1. The first kappa shape index (κ1) is 18.9. The van der Waals surface area contributed by atoms with Crippen LogP contribution in [0.4, 0.5) is 0 Å². The van der Waals surface area contributed by atoms with Gasteiger partial charge in [-0.3, -0.25) is 4.79 Å². The molecule has 0 radical (unpaired) electrons. The lowest BCUT2D eigenvalue weighted by atomic mass is 9.80. The summed E-state index contributed by atoms with van der Waals surface area (Å²) in [6.07, 6.45) is 0.700. The van der Waals surface area contributed by atoms with Crippen molar-refractivity contribution in [1.82, 2.24) is 10.2 Å². The van der Waals surface area contributed by atoms with Gasteiger partial charge in [0.2, 0.25) is 5.91 Å². The average molecular weight is 316 g/mol. The fourth-order valence-electron chi connectivity index (χ4n) is 2.96. The topological polar surface area (TPSA) is 99.1 Å². The number of aliphatic hydroxyl groups excluding tert-OH is 1. The van der Waals surface area contributed by atoms with Crippen molar-refractivity contribution in [3.05, 3.63) is 0 Å². The van der Waals surface area contributed by atoms with Gasteiger partial charge in [-0.2, -0.15) is 0 Å². The summed E-state index contributed by atoms with van der Waals surface area (Å²) in [6.45, 7) is 6.15. The van der Waals surface area contributed by atoms with Gasteiger partial charge in [-0.15, -0.1) is 0 Å². The second-order valence-electron chi connectivity index (χ2n) is 6.64. The van der Waals surface area contributed by atoms with E-state index < -0.39 is 23.5 Å². The monoisotopic (exact) mass is 316 g/mol. The Kier molecular flexibility index (Phi) is 6.77. The van der Waals surface area contributed by atoms with E-state index in [0.717, 1.165) is 0 Å². The Hall–Kier alpha value is -1.18. The number of aliphatic carboxylic acids is 1. The number of rotatable bonds is 8. The highest BCUT2D eigenvalue weighted by atomic mass is 16.5. The van der Waals surface area contributed by atoms with Crippen LogP contribution in [0.5, 0.6) is 0 Å². The molecule has 0 bridgehead atoms. The summed E-state index contributed by atoms with van der Waals surface area (Å²) in [5.41, 5.74) is -0.391. The molecule has 1 rings (SSSR count). The maximum absolute atomic E-state index is 12.7. The first-order valence-corrected chi connectivity index (χ1v) is 7.64. The first-order chi connectivity index (χ1) is 10.2. The van der Waals surface area contributed by atoms with Crippen molar-refractivity contribution < 1.29 is 24.5 Å². The molecule has 1 fully saturated rings. The molecule has 3 atom stereocenters. The summed E-state index contributed by atoms with van der Waals surface area (Å²) in [6, 6.07) is -0.383. The molecule has 0 aliphatic carbocycles. The molecule has 1 amide bonds. The highest BCUT2D eigenvalue weighted by Gasteiger charge is 2.40. The van der Waals surface area contributed by atoms with Crippen molar-refractivity contribution in [3.8, 4) is 0 Å². The Morgan fingerprint density at radius 2 is 2.09 bits per heavy atom. The van der Waals surface area contributed by atoms with Crippen molar-refractivity contribution in [2.45, 2.75) is 51.8 Å². The van der Waals surface area contributed by atoms with E-state index >= 15 is 0 Å². The Bertz CT molecular complexity index is 399. The summed E-state index contributed by atoms with van der Waals surface area (Å²) >= 11 is 0. The molecule has 7 nitrogen and oxygen atoms in total. The van der Waals surface area contributed by atoms with Gasteiger partial charge < -0.3 is 25.2 Å². The van der Waals surface area contributed by atoms with E-state index in [0.29, 0.717) is 19.4 Å². The minimum Gasteiger partial charge on any atom is -0.480 e. The van der Waals surface area contributed by atoms with E-state index in [4.69, 9.17) is 9.84 Å². The fourth-order valence-corrected chi connectivity index (χ4v) is 2.96. The summed E-state index contributed by atoms with van der Waals surface area (Å²) in [5.74, 6) is -1.03. The van der Waals surface area contributed by atoms with E-state index in [-0.39, 0.29) is 25.2 Å². The highest BCUT2D eigenvalue weighted by Crippen LogP contribution is 2.29. The van der Waals surface area contributed by atoms with Crippen LogP contribution in [0.3, 0.4) is 0 Å². The van der Waals surface area contributed by atoms with Gasteiger partial charge in [-0.1, -0.05) is 13.8 Å². The summed E-state index contributed by atoms with van der Waals surface area (Å²) in [4.78, 5) is 24.9. The lowest BCUT2D eigenvalue weighted by Gasteiger charge is -2.36. The zero-order valence-electron chi connectivity index (χ0n) is 13.8. The van der Waals surface area contributed by atoms with Crippen LogP contribution in [0.1, 0.15) is 33.6 Å². The van der Waals surface area contributed by atoms with Crippen LogP contribution in [0.2, 0.25) is 0 Å². The number of aliphatic hydroxyl groups is 1. The van der Waals surface area contributed by atoms with Gasteiger partial charge in [-0.25, -0.2) is 4.79 Å². The van der Waals surface area contributed by atoms with Gasteiger partial charge >= 0.3 is 5.97 Å². The van der Waals surface area contributed by atoms with E-state index in [9.17, 15) is 14.7 Å². The van der Waals surface area contributed by atoms with E-state index in [1.807, 2.05) is 20.8 Å². The van der Waals surface area contributed by atoms with Gasteiger partial charge in [0, 0.05) is 19.2 Å². The number of amides is 1. The maximum Gasteiger partial charge on any atom is 0.329 e. The summed E-state index contributed by atoms with van der Waals surface area (Å²) in [5, 5.41) is 21.3. The third-order valence-electron chi connectivity index (χ3n) is 4.27. The number of carboxylic acid groups (broad SMARTS) is 1. The molecule has 128 valence electrons. The number of hydrogen-bond acceptors (Lipinski definition) is 5. The lowest BCUT2D eigenvalue weighted by Crippen LogP contribution is -2.54. The third kappa shape index (κ3) is 4.93. The van der Waals surface area contributed by atoms with Crippen LogP contribution in [0, 0.1) is 5.41 Å². The maximum atomic E-state index is 12.7. The van der Waals surface area contributed by atoms with E-state index in [1.165, 1.54) is 0 Å². The number of nitrogens with zero attached hydrogens (tertiary/aromatic N) is 1. The Morgan fingerprint density at radius 3 is 2.55 bits per heavy atom. The highest BCUT2D eigenvalue weighted by molar-refractivity contribution is 5.83. The second kappa shape index (κ2) is 7.89. The number of ether oxygens (including phenoxy) is 1. The number of nitrogens with one attached hydrogen (secondary N) is 1. The molecule has 22 heavy (non-hydrogen) atoms. The number of carbonyl (C=O) groups excluding carboxylic acids is 1. The zero-order valence-corrected chi connectivity index (χ0v) is 13.8. The van der Waals surface area contributed by atoms with Crippen molar-refractivity contribution in [3.63, 3.8) is 0 Å². The lowest BCUT2D eigenvalue weighted by molar-refractivity contribution is -0.143. The normalized spacial score (nSPS) is 23.6. The van der Waals surface area contributed by atoms with Crippen LogP contribution in [-0.4, -0.2) is 72.0 Å². The van der Waals surface area contributed by atoms with Gasteiger partial charge in [0.25, 0.3) is 0 Å². The molecule has 1 aliphatic heterocycles. The number of carboxylic acids is 1. The van der Waals surface area contributed by atoms with Crippen LogP contribution < -0.4 is 5.32 Å². The molecule has 0 aromatic carbocycles. The molecule has 1 saturated heterocycles. The molecule has 0 aromatic heterocycles. The van der Waals surface area contributed by atoms with Gasteiger partial charge in [0.05, 0.1) is 12.1 Å². The standard InChI is InChI=1S/C15H28N2O5/c1-10-7-11(18)8-17(10)14(21)13(16-4)15(2,3)5-6-22-9-12(19)20/h10-11,13,16,18H,5-9H2,1-4H3,(H,19,20)/t10-,11-,13+/m1/s1. The Labute approximate surface area is 131 Å². The molecular formula is C15H28N2O5. The number of hydrogen-bond donors (Lipinski definition) is 3. The second-order valence-corrected chi connectivity index (χ2v) is 6.64. The van der Waals surface area contributed by atoms with E-state index in [2.05, 4.69) is 5.32 Å². The predicted molar refractivity (Wildman–Crippen MR) is 81.5 cm³/mol. The molecule has 3 N–H and O–H groups in total. The number of likely N-dealkylation sites (tertiary alicyclic amines) is 1. The van der Waals surface area contributed by atoms with Gasteiger partial charge in [-0.05, 0) is 32.2 Å². The third-order valence-corrected chi connectivity index (χ3v) is 4.27. The largest absolute Gasteiger partial charge is 0.480 e. The number of β-amino-alcohol motifs (C(OH)–C–C–N with tert-alkyl or cyclic N) is 1. The smallest absolute Gasteiger partial charge is 0.329 e. The van der Waals surface area contributed by atoms with Crippen molar-refractivity contribution in [2.75, 3.05) is 26.8 Å². The Morgan fingerprint density at radius 1 is 1.45 bits per heavy atom. The molecule has 1 heterocycles. The predicted octanol–water partition coefficient (Wildman–Crippen LogP) is 0.0736. The molecule has 1 aliphatic rings. The average Bonchev–Trinajstić information content (AvgIpc) is 2.74. The quantitative estimate of drug-likeness (QED) is 0.548. The SMILES string of the molecule is CN[C@@H](C(=O)N1C[C@H](O)C[C@H]1C)C(C)(C)CCOCC(=O)O. The van der Waals surface area contributed by atoms with Crippen molar-refractivity contribution in [2.24, 2.45) is 5.41 Å². The van der Waals surface area contributed by atoms with Crippen molar-refractivity contribution in [1.29, 1.82) is 0 Å². The molecule has 0 spiro atoms. The van der Waals surface area contributed by atoms with Crippen LogP contribution in [0.25, 0.3) is 0 Å². The molecule has 7 heteroatoms. The van der Waals surface area contributed by atoms with Crippen molar-refractivity contribution >= 4 is 11.9 Å². The molecular weight excluding hydrogens is 288 g/mol. The van der Waals surface area contributed by atoms with Gasteiger partial charge in [0.15, 0.2) is 0 Å². The van der Waals surface area contributed by atoms with Crippen LogP contribution in [-0.2, 0) is 14.3 Å². The van der Waals surface area contributed by atoms with Crippen LogP contribution in [0.15, 0.2) is 0 Å². The molecule has 0 saturated carbocycles. The fraction of sp³-hybridized carbons (Fsp3) is 0.867. The minimum absolute atomic E-state index is 0.0254. The Balaban J connectivity index is 2.63. The zero-order chi connectivity index (χ0) is 16.9. The van der Waals surface area contributed by atoms with Gasteiger partial charge in [0.1, 0.15) is 6.61 Å². The summed E-state index contributed by atoms with van der Waals surface area (Å²) in [7, 11) is 1.74. The molecule has 0 unspecified atom stereocenters. The molecule has 0 aromatic rings. The number of carbonyl (C=O) groups is 2. The first-order valence-electron chi connectivity index (χ1n) is 7.64. The summed E-state index contributed by atoms with van der Waals surface area (Å²) < 4.78 is 5.08. The van der Waals surface area contributed by atoms with Crippen LogP contribution >= 0.6 is 0 Å².